The molecule has 0 aliphatic heterocycles. The highest BCUT2D eigenvalue weighted by molar-refractivity contribution is 9.10. The van der Waals surface area contributed by atoms with Crippen molar-refractivity contribution in [3.05, 3.63) is 57.6 Å². The summed E-state index contributed by atoms with van der Waals surface area (Å²) in [5, 5.41) is 12.1. The molecule has 2 aromatic carbocycles. The molecule has 0 radical (unpaired) electrons. The van der Waals surface area contributed by atoms with Crippen LogP contribution in [-0.2, 0) is 11.2 Å². The Morgan fingerprint density at radius 1 is 1.26 bits per heavy atom. The van der Waals surface area contributed by atoms with Gasteiger partial charge in [-0.05, 0) is 70.7 Å². The molecule has 0 bridgehead atoms. The number of ether oxygens (including phenoxy) is 2. The molecular weight excluding hydrogens is 408 g/mol. The lowest BCUT2D eigenvalue weighted by atomic mass is 10.1. The van der Waals surface area contributed by atoms with Crippen LogP contribution < -0.4 is 14.8 Å². The fraction of sp³-hybridized carbons (Fsp3) is 0.238. The molecular formula is C21H21BrN2O3. The van der Waals surface area contributed by atoms with E-state index in [1.165, 1.54) is 18.7 Å². The second kappa shape index (κ2) is 9.79. The number of carbonyl (C=O) groups excluding carboxylic acids is 1. The molecule has 0 saturated carbocycles. The van der Waals surface area contributed by atoms with Crippen LogP contribution >= 0.6 is 15.9 Å². The molecule has 0 aromatic heterocycles. The van der Waals surface area contributed by atoms with Crippen molar-refractivity contribution < 1.29 is 14.3 Å². The van der Waals surface area contributed by atoms with E-state index in [-0.39, 0.29) is 5.57 Å². The van der Waals surface area contributed by atoms with Gasteiger partial charge in [0, 0.05) is 5.69 Å². The number of rotatable bonds is 7. The fourth-order valence-corrected chi connectivity index (χ4v) is 3.02. The quantitative estimate of drug-likeness (QED) is 0.499. The first-order chi connectivity index (χ1) is 13.0. The van der Waals surface area contributed by atoms with Gasteiger partial charge in [0.1, 0.15) is 11.6 Å². The highest BCUT2D eigenvalue weighted by Gasteiger charge is 2.13. The predicted octanol–water partition coefficient (Wildman–Crippen LogP) is 4.96. The number of nitrogens with zero attached hydrogens (tertiary/aromatic N) is 1. The molecule has 6 heteroatoms. The van der Waals surface area contributed by atoms with E-state index in [9.17, 15) is 10.1 Å². The second-order valence-corrected chi connectivity index (χ2v) is 6.50. The zero-order valence-corrected chi connectivity index (χ0v) is 17.1. The Labute approximate surface area is 167 Å². The van der Waals surface area contributed by atoms with Gasteiger partial charge in [0.05, 0.1) is 18.2 Å². The monoisotopic (exact) mass is 428 g/mol. The van der Waals surface area contributed by atoms with Crippen LogP contribution in [0.1, 0.15) is 25.0 Å². The van der Waals surface area contributed by atoms with Gasteiger partial charge in [0.15, 0.2) is 11.5 Å². The molecule has 0 spiro atoms. The van der Waals surface area contributed by atoms with E-state index >= 15 is 0 Å². The first kappa shape index (κ1) is 20.5. The summed E-state index contributed by atoms with van der Waals surface area (Å²) >= 11 is 3.44. The molecule has 0 aliphatic rings. The van der Waals surface area contributed by atoms with Gasteiger partial charge in [-0.1, -0.05) is 19.1 Å². The Bertz CT molecular complexity index is 884. The van der Waals surface area contributed by atoms with Crippen LogP contribution in [-0.4, -0.2) is 19.6 Å². The Morgan fingerprint density at radius 3 is 2.52 bits per heavy atom. The number of hydrogen-bond acceptors (Lipinski definition) is 4. The summed E-state index contributed by atoms with van der Waals surface area (Å²) in [7, 11) is 1.54. The Morgan fingerprint density at radius 2 is 1.96 bits per heavy atom. The summed E-state index contributed by atoms with van der Waals surface area (Å²) in [5.74, 6) is 0.632. The fourth-order valence-electron chi connectivity index (χ4n) is 2.44. The normalized spacial score (nSPS) is 10.9. The van der Waals surface area contributed by atoms with Crippen molar-refractivity contribution >= 4 is 33.6 Å². The number of methoxy groups -OCH3 is 1. The summed E-state index contributed by atoms with van der Waals surface area (Å²) in [6.07, 6.45) is 2.44. The third kappa shape index (κ3) is 5.35. The molecule has 0 fully saturated rings. The molecule has 2 aromatic rings. The maximum absolute atomic E-state index is 12.4. The van der Waals surface area contributed by atoms with Gasteiger partial charge >= 0.3 is 0 Å². The predicted molar refractivity (Wildman–Crippen MR) is 110 cm³/mol. The average Bonchev–Trinajstić information content (AvgIpc) is 2.68. The number of nitriles is 1. The first-order valence-electron chi connectivity index (χ1n) is 8.54. The van der Waals surface area contributed by atoms with Crippen LogP contribution in [0.3, 0.4) is 0 Å². The smallest absolute Gasteiger partial charge is 0.266 e. The molecule has 0 unspecified atom stereocenters. The lowest BCUT2D eigenvalue weighted by Gasteiger charge is -2.12. The molecule has 1 N–H and O–H groups in total. The van der Waals surface area contributed by atoms with E-state index in [0.717, 1.165) is 6.42 Å². The molecule has 140 valence electrons. The Balaban J connectivity index is 2.27. The van der Waals surface area contributed by atoms with Gasteiger partial charge in [-0.15, -0.1) is 0 Å². The largest absolute Gasteiger partial charge is 0.493 e. The summed E-state index contributed by atoms with van der Waals surface area (Å²) in [4.78, 5) is 12.4. The van der Waals surface area contributed by atoms with Gasteiger partial charge < -0.3 is 14.8 Å². The zero-order chi connectivity index (χ0) is 19.8. The van der Waals surface area contributed by atoms with E-state index in [2.05, 4.69) is 28.2 Å². The highest BCUT2D eigenvalue weighted by atomic mass is 79.9. The Hall–Kier alpha value is -2.78. The van der Waals surface area contributed by atoms with Crippen LogP contribution in [0.4, 0.5) is 5.69 Å². The van der Waals surface area contributed by atoms with Gasteiger partial charge in [0.2, 0.25) is 0 Å². The number of carbonyl (C=O) groups is 1. The minimum absolute atomic E-state index is 0.00678. The number of amides is 1. The summed E-state index contributed by atoms with van der Waals surface area (Å²) < 4.78 is 11.6. The van der Waals surface area contributed by atoms with E-state index < -0.39 is 5.91 Å². The minimum Gasteiger partial charge on any atom is -0.493 e. The molecule has 0 saturated heterocycles. The standard InChI is InChI=1S/C21H21BrN2O3/c1-4-14-6-8-17(9-7-14)24-21(25)16(13-23)10-15-11-18(22)20(27-5-2)19(12-15)26-3/h6-12H,4-5H2,1-3H3,(H,24,25)/b16-10+. The van der Waals surface area contributed by atoms with Crippen LogP contribution in [0.2, 0.25) is 0 Å². The topological polar surface area (TPSA) is 71.3 Å². The van der Waals surface area contributed by atoms with Crippen molar-refractivity contribution in [3.8, 4) is 17.6 Å². The van der Waals surface area contributed by atoms with Crippen molar-refractivity contribution in [1.29, 1.82) is 5.26 Å². The summed E-state index contributed by atoms with van der Waals surface area (Å²) in [5.41, 5.74) is 2.46. The van der Waals surface area contributed by atoms with Gasteiger partial charge in [-0.25, -0.2) is 0 Å². The third-order valence-electron chi connectivity index (χ3n) is 3.84. The van der Waals surface area contributed by atoms with Crippen molar-refractivity contribution in [1.82, 2.24) is 0 Å². The lowest BCUT2D eigenvalue weighted by Crippen LogP contribution is -2.13. The zero-order valence-electron chi connectivity index (χ0n) is 15.5. The lowest BCUT2D eigenvalue weighted by molar-refractivity contribution is -0.112. The van der Waals surface area contributed by atoms with Gasteiger partial charge in [0.25, 0.3) is 5.91 Å². The number of aryl methyl sites for hydroxylation is 1. The van der Waals surface area contributed by atoms with Gasteiger partial charge in [-0.2, -0.15) is 5.26 Å². The third-order valence-corrected chi connectivity index (χ3v) is 4.43. The molecule has 1 amide bonds. The molecule has 0 aliphatic carbocycles. The Kier molecular flexibility index (Phi) is 7.44. The van der Waals surface area contributed by atoms with Crippen LogP contribution in [0.15, 0.2) is 46.4 Å². The SMILES string of the molecule is CCOc1c(Br)cc(/C=C(\C#N)C(=O)Nc2ccc(CC)cc2)cc1OC. The van der Waals surface area contributed by atoms with Crippen LogP contribution in [0, 0.1) is 11.3 Å². The van der Waals surface area contributed by atoms with E-state index in [0.29, 0.717) is 33.8 Å². The maximum Gasteiger partial charge on any atom is 0.266 e. The minimum atomic E-state index is -0.467. The molecule has 0 atom stereocenters. The summed E-state index contributed by atoms with van der Waals surface area (Å²) in [6, 6.07) is 13.0. The number of nitrogens with one attached hydrogen (secondary N) is 1. The first-order valence-corrected chi connectivity index (χ1v) is 9.34. The van der Waals surface area contributed by atoms with E-state index in [4.69, 9.17) is 9.47 Å². The average molecular weight is 429 g/mol. The number of hydrogen-bond donors (Lipinski definition) is 1. The van der Waals surface area contributed by atoms with Crippen LogP contribution in [0.25, 0.3) is 6.08 Å². The summed E-state index contributed by atoms with van der Waals surface area (Å²) in [6.45, 7) is 4.44. The van der Waals surface area contributed by atoms with E-state index in [1.807, 2.05) is 37.3 Å². The number of benzene rings is 2. The van der Waals surface area contributed by atoms with Crippen molar-refractivity contribution in [2.75, 3.05) is 19.0 Å². The molecule has 5 nitrogen and oxygen atoms in total. The second-order valence-electron chi connectivity index (χ2n) is 5.64. The van der Waals surface area contributed by atoms with Crippen molar-refractivity contribution in [2.45, 2.75) is 20.3 Å². The van der Waals surface area contributed by atoms with Crippen molar-refractivity contribution in [3.63, 3.8) is 0 Å². The molecule has 2 rings (SSSR count). The van der Waals surface area contributed by atoms with E-state index in [1.54, 1.807) is 12.1 Å². The van der Waals surface area contributed by atoms with Crippen molar-refractivity contribution in [2.24, 2.45) is 0 Å². The molecule has 27 heavy (non-hydrogen) atoms. The van der Waals surface area contributed by atoms with Crippen LogP contribution in [0.5, 0.6) is 11.5 Å². The molecule has 0 heterocycles. The maximum atomic E-state index is 12.4. The highest BCUT2D eigenvalue weighted by Crippen LogP contribution is 2.37. The van der Waals surface area contributed by atoms with Gasteiger partial charge in [-0.3, -0.25) is 4.79 Å². The number of halogens is 1. The number of anilines is 1.